The summed E-state index contributed by atoms with van der Waals surface area (Å²) in [5.74, 6) is 0.877. The average Bonchev–Trinajstić information content (AvgIpc) is 3.06. The van der Waals surface area contributed by atoms with Crippen molar-refractivity contribution in [1.82, 2.24) is 21.5 Å². The molecule has 0 saturated carbocycles. The molecule has 1 aromatic rings. The summed E-state index contributed by atoms with van der Waals surface area (Å²) in [7, 11) is 0. The largest absolute Gasteiger partial charge is 0.348 e. The molecule has 2 fully saturated rings. The number of halogens is 1. The summed E-state index contributed by atoms with van der Waals surface area (Å²) < 4.78 is 0. The Morgan fingerprint density at radius 3 is 2.60 bits per heavy atom. The number of carbonyl (C=O) groups excluding carboxylic acids is 1. The Kier molecular flexibility index (Phi) is 7.69. The molecule has 1 aromatic carbocycles. The van der Waals surface area contributed by atoms with E-state index in [1.807, 2.05) is 18.2 Å². The van der Waals surface area contributed by atoms with Crippen LogP contribution in [0.5, 0.6) is 0 Å². The molecule has 6 heteroatoms. The van der Waals surface area contributed by atoms with Gasteiger partial charge in [-0.3, -0.25) is 10.2 Å². The molecule has 2 saturated heterocycles. The molecule has 2 aliphatic heterocycles. The lowest BCUT2D eigenvalue weighted by atomic mass is 9.86. The number of hydrogen-bond donors (Lipinski definition) is 4. The smallest absolute Gasteiger partial charge is 0.239 e. The van der Waals surface area contributed by atoms with E-state index >= 15 is 0 Å². The summed E-state index contributed by atoms with van der Waals surface area (Å²) in [6.45, 7) is 6.31. The van der Waals surface area contributed by atoms with Gasteiger partial charge in [0, 0.05) is 18.5 Å². The van der Waals surface area contributed by atoms with Crippen molar-refractivity contribution < 1.29 is 4.79 Å². The van der Waals surface area contributed by atoms with Crippen molar-refractivity contribution in [3.8, 4) is 0 Å². The number of nitrogens with one attached hydrogen (secondary N) is 4. The monoisotopic (exact) mass is 366 g/mol. The van der Waals surface area contributed by atoms with E-state index in [0.717, 1.165) is 32.4 Å². The maximum absolute atomic E-state index is 13.0. The molecule has 4 unspecified atom stereocenters. The molecule has 1 amide bonds. The highest BCUT2D eigenvalue weighted by Gasteiger charge is 2.41. The van der Waals surface area contributed by atoms with Crippen molar-refractivity contribution in [2.75, 3.05) is 13.1 Å². The van der Waals surface area contributed by atoms with Crippen molar-refractivity contribution in [2.45, 2.75) is 51.2 Å². The number of rotatable bonds is 6. The van der Waals surface area contributed by atoms with Gasteiger partial charge in [0.1, 0.15) is 6.04 Å². The molecular weight excluding hydrogens is 336 g/mol. The summed E-state index contributed by atoms with van der Waals surface area (Å²) in [5, 5.41) is 6.75. The molecule has 140 valence electrons. The normalized spacial score (nSPS) is 26.6. The average molecular weight is 367 g/mol. The van der Waals surface area contributed by atoms with Crippen LogP contribution in [0.3, 0.4) is 0 Å². The molecule has 2 heterocycles. The zero-order chi connectivity index (χ0) is 16.9. The number of carbonyl (C=O) groups is 1. The molecule has 0 spiro atoms. The van der Waals surface area contributed by atoms with E-state index in [4.69, 9.17) is 0 Å². The second-order valence-electron chi connectivity index (χ2n) is 7.00. The first-order valence-electron chi connectivity index (χ1n) is 9.31. The lowest BCUT2D eigenvalue weighted by molar-refractivity contribution is -0.125. The van der Waals surface area contributed by atoms with Crippen LogP contribution in [0.25, 0.3) is 0 Å². The highest BCUT2D eigenvalue weighted by Crippen LogP contribution is 2.28. The highest BCUT2D eigenvalue weighted by atomic mass is 35.5. The standard InChI is InChI=1S/C19H30N4O.ClH/c1-3-13(4-2)17(14-8-6-5-7-9-14)21-19(24)18-15-12-20-11-10-16(15)22-23-18;/h5-9,13,15-18,20,22-23H,3-4,10-12H2,1-2H3,(H,21,24);1H. The molecule has 0 radical (unpaired) electrons. The Hall–Kier alpha value is -1.14. The third-order valence-electron chi connectivity index (χ3n) is 5.64. The predicted molar refractivity (Wildman–Crippen MR) is 103 cm³/mol. The van der Waals surface area contributed by atoms with E-state index in [1.165, 1.54) is 5.56 Å². The van der Waals surface area contributed by atoms with Gasteiger partial charge in [-0.1, -0.05) is 57.0 Å². The Morgan fingerprint density at radius 1 is 1.20 bits per heavy atom. The Labute approximate surface area is 157 Å². The van der Waals surface area contributed by atoms with Gasteiger partial charge in [-0.05, 0) is 24.4 Å². The first-order chi connectivity index (χ1) is 11.7. The van der Waals surface area contributed by atoms with Crippen LogP contribution in [-0.2, 0) is 4.79 Å². The van der Waals surface area contributed by atoms with Gasteiger partial charge < -0.3 is 10.6 Å². The molecular formula is C19H31ClN4O. The molecule has 0 aromatic heterocycles. The molecule has 0 aliphatic carbocycles. The summed E-state index contributed by atoms with van der Waals surface area (Å²) >= 11 is 0. The minimum atomic E-state index is -0.164. The third-order valence-corrected chi connectivity index (χ3v) is 5.64. The number of hydrogen-bond acceptors (Lipinski definition) is 4. The van der Waals surface area contributed by atoms with Crippen LogP contribution in [0.4, 0.5) is 0 Å². The van der Waals surface area contributed by atoms with Crippen molar-refractivity contribution in [2.24, 2.45) is 11.8 Å². The van der Waals surface area contributed by atoms with Crippen LogP contribution >= 0.6 is 12.4 Å². The van der Waals surface area contributed by atoms with Crippen molar-refractivity contribution in [1.29, 1.82) is 0 Å². The minimum absolute atomic E-state index is 0. The topological polar surface area (TPSA) is 65.2 Å². The molecule has 2 aliphatic rings. The van der Waals surface area contributed by atoms with Gasteiger partial charge in [-0.25, -0.2) is 5.43 Å². The Balaban J connectivity index is 0.00000225. The molecule has 4 N–H and O–H groups in total. The van der Waals surface area contributed by atoms with E-state index in [9.17, 15) is 4.79 Å². The summed E-state index contributed by atoms with van der Waals surface area (Å²) in [6, 6.07) is 10.7. The van der Waals surface area contributed by atoms with Crippen molar-refractivity contribution in [3.05, 3.63) is 35.9 Å². The molecule has 3 rings (SSSR count). The Morgan fingerprint density at radius 2 is 1.92 bits per heavy atom. The second kappa shape index (κ2) is 9.53. The predicted octanol–water partition coefficient (Wildman–Crippen LogP) is 2.16. The van der Waals surface area contributed by atoms with Gasteiger partial charge in [0.25, 0.3) is 0 Å². The summed E-state index contributed by atoms with van der Waals surface area (Å²) in [6.07, 6.45) is 3.18. The van der Waals surface area contributed by atoms with E-state index in [2.05, 4.69) is 47.5 Å². The minimum Gasteiger partial charge on any atom is -0.348 e. The van der Waals surface area contributed by atoms with Crippen LogP contribution in [0.2, 0.25) is 0 Å². The third kappa shape index (κ3) is 4.53. The first kappa shape index (κ1) is 20.2. The fourth-order valence-electron chi connectivity index (χ4n) is 4.11. The maximum Gasteiger partial charge on any atom is 0.239 e. The van der Waals surface area contributed by atoms with Gasteiger partial charge in [0.15, 0.2) is 0 Å². The summed E-state index contributed by atoms with van der Waals surface area (Å²) in [4.78, 5) is 13.0. The summed E-state index contributed by atoms with van der Waals surface area (Å²) in [5.41, 5.74) is 7.74. The number of hydrazine groups is 1. The van der Waals surface area contributed by atoms with Gasteiger partial charge >= 0.3 is 0 Å². The Bertz CT molecular complexity index is 537. The van der Waals surface area contributed by atoms with Crippen LogP contribution in [0.15, 0.2) is 30.3 Å². The molecule has 5 nitrogen and oxygen atoms in total. The van der Waals surface area contributed by atoms with E-state index in [-0.39, 0.29) is 30.4 Å². The van der Waals surface area contributed by atoms with E-state index in [1.54, 1.807) is 0 Å². The van der Waals surface area contributed by atoms with E-state index < -0.39 is 0 Å². The molecule has 4 atom stereocenters. The quantitative estimate of drug-likeness (QED) is 0.623. The van der Waals surface area contributed by atoms with Gasteiger partial charge in [0.2, 0.25) is 5.91 Å². The van der Waals surface area contributed by atoms with Crippen LogP contribution in [0, 0.1) is 11.8 Å². The molecule has 25 heavy (non-hydrogen) atoms. The van der Waals surface area contributed by atoms with Gasteiger partial charge in [-0.2, -0.15) is 0 Å². The zero-order valence-electron chi connectivity index (χ0n) is 15.1. The fourth-order valence-corrected chi connectivity index (χ4v) is 4.11. The number of piperidine rings is 1. The van der Waals surface area contributed by atoms with E-state index in [0.29, 0.717) is 17.9 Å². The lowest BCUT2D eigenvalue weighted by Crippen LogP contribution is -2.50. The number of benzene rings is 1. The van der Waals surface area contributed by atoms with Gasteiger partial charge in [0.05, 0.1) is 6.04 Å². The van der Waals surface area contributed by atoms with Crippen LogP contribution in [-0.4, -0.2) is 31.1 Å². The lowest BCUT2D eigenvalue weighted by Gasteiger charge is -2.31. The zero-order valence-corrected chi connectivity index (χ0v) is 15.9. The maximum atomic E-state index is 13.0. The second-order valence-corrected chi connectivity index (χ2v) is 7.00. The fraction of sp³-hybridized carbons (Fsp3) is 0.632. The number of amides is 1. The first-order valence-corrected chi connectivity index (χ1v) is 9.31. The van der Waals surface area contributed by atoms with Gasteiger partial charge in [-0.15, -0.1) is 12.4 Å². The highest BCUT2D eigenvalue weighted by molar-refractivity contribution is 5.85. The SMILES string of the molecule is CCC(CC)C(NC(=O)C1NNC2CCNCC21)c1ccccc1.Cl. The van der Waals surface area contributed by atoms with Crippen LogP contribution in [0.1, 0.15) is 44.7 Å². The van der Waals surface area contributed by atoms with Crippen LogP contribution < -0.4 is 21.5 Å². The molecule has 0 bridgehead atoms. The van der Waals surface area contributed by atoms with Crippen molar-refractivity contribution >= 4 is 18.3 Å². The number of fused-ring (bicyclic) bond motifs is 1. The van der Waals surface area contributed by atoms with Crippen molar-refractivity contribution in [3.63, 3.8) is 0 Å².